The molecule has 0 fully saturated rings. The molecular weight excluding hydrogens is 409 g/mol. The molecule has 0 aliphatic carbocycles. The molecule has 0 bridgehead atoms. The molecule has 8 heteroatoms. The van der Waals surface area contributed by atoms with Gasteiger partial charge in [0.15, 0.2) is 0 Å². The lowest BCUT2D eigenvalue weighted by atomic mass is 10.0. The number of carbonyl (C=O) groups excluding carboxylic acids is 1. The Balaban J connectivity index is 1.85. The number of rotatable bonds is 4. The standard InChI is InChI=1S/C20H12Cl2F2N2O2/c21-16-2-1-3-17(22)15(16)10-25-26-20(28)14-8-11(4-7-19(14)27)13-6-5-12(23)9-18(13)24/h1-10,27H,(H,26,28)/b25-10-. The molecule has 0 atom stereocenters. The van der Waals surface area contributed by atoms with E-state index in [4.69, 9.17) is 23.2 Å². The zero-order valence-corrected chi connectivity index (χ0v) is 15.6. The number of carbonyl (C=O) groups is 1. The Bertz CT molecular complexity index is 1070. The van der Waals surface area contributed by atoms with Gasteiger partial charge in [0.05, 0.1) is 21.8 Å². The van der Waals surface area contributed by atoms with Crippen LogP contribution in [-0.4, -0.2) is 17.2 Å². The predicted octanol–water partition coefficient (Wildman–Crippen LogP) is 5.41. The van der Waals surface area contributed by atoms with E-state index in [1.54, 1.807) is 18.2 Å². The minimum absolute atomic E-state index is 0.0850. The molecule has 0 aliphatic heterocycles. The SMILES string of the molecule is O=C(N/N=C\c1c(Cl)cccc1Cl)c1cc(-c2ccc(F)cc2F)ccc1O. The summed E-state index contributed by atoms with van der Waals surface area (Å²) in [5.41, 5.74) is 2.90. The lowest BCUT2D eigenvalue weighted by molar-refractivity contribution is 0.0952. The van der Waals surface area contributed by atoms with E-state index in [2.05, 4.69) is 10.5 Å². The maximum absolute atomic E-state index is 14.0. The number of hydrogen-bond acceptors (Lipinski definition) is 3. The number of halogens is 4. The van der Waals surface area contributed by atoms with Gasteiger partial charge in [-0.05, 0) is 42.0 Å². The highest BCUT2D eigenvalue weighted by Gasteiger charge is 2.14. The summed E-state index contributed by atoms with van der Waals surface area (Å²) < 4.78 is 27.1. The first kappa shape index (κ1) is 19.8. The van der Waals surface area contributed by atoms with Gasteiger partial charge in [-0.1, -0.05) is 35.3 Å². The molecule has 3 rings (SSSR count). The maximum Gasteiger partial charge on any atom is 0.275 e. The summed E-state index contributed by atoms with van der Waals surface area (Å²) >= 11 is 12.0. The quantitative estimate of drug-likeness (QED) is 0.437. The number of nitrogens with one attached hydrogen (secondary N) is 1. The number of amides is 1. The number of hydrogen-bond donors (Lipinski definition) is 2. The van der Waals surface area contributed by atoms with Crippen LogP contribution in [0.1, 0.15) is 15.9 Å². The molecule has 0 saturated carbocycles. The van der Waals surface area contributed by atoms with Gasteiger partial charge in [0.25, 0.3) is 5.91 Å². The van der Waals surface area contributed by atoms with Crippen LogP contribution in [0.5, 0.6) is 5.75 Å². The van der Waals surface area contributed by atoms with Crippen molar-refractivity contribution in [2.75, 3.05) is 0 Å². The molecule has 4 nitrogen and oxygen atoms in total. The largest absolute Gasteiger partial charge is 0.507 e. The van der Waals surface area contributed by atoms with E-state index >= 15 is 0 Å². The molecule has 0 aliphatic rings. The molecule has 2 N–H and O–H groups in total. The number of benzene rings is 3. The van der Waals surface area contributed by atoms with E-state index in [0.29, 0.717) is 21.2 Å². The number of phenols is 1. The summed E-state index contributed by atoms with van der Waals surface area (Å²) in [4.78, 5) is 12.3. The van der Waals surface area contributed by atoms with E-state index in [-0.39, 0.29) is 16.9 Å². The van der Waals surface area contributed by atoms with Crippen LogP contribution in [0.4, 0.5) is 8.78 Å². The van der Waals surface area contributed by atoms with Crippen LogP contribution in [0.25, 0.3) is 11.1 Å². The van der Waals surface area contributed by atoms with Gasteiger partial charge < -0.3 is 5.11 Å². The molecule has 3 aromatic rings. The molecule has 0 radical (unpaired) electrons. The Hall–Kier alpha value is -2.96. The highest BCUT2D eigenvalue weighted by atomic mass is 35.5. The van der Waals surface area contributed by atoms with Crippen LogP contribution in [0.2, 0.25) is 10.0 Å². The smallest absolute Gasteiger partial charge is 0.275 e. The summed E-state index contributed by atoms with van der Waals surface area (Å²) in [6.07, 6.45) is 1.27. The van der Waals surface area contributed by atoms with Crippen molar-refractivity contribution in [3.63, 3.8) is 0 Å². The first-order chi connectivity index (χ1) is 13.4. The fourth-order valence-electron chi connectivity index (χ4n) is 2.46. The first-order valence-corrected chi connectivity index (χ1v) is 8.68. The van der Waals surface area contributed by atoms with Crippen molar-refractivity contribution in [1.82, 2.24) is 5.43 Å². The highest BCUT2D eigenvalue weighted by molar-refractivity contribution is 6.38. The van der Waals surface area contributed by atoms with E-state index < -0.39 is 17.5 Å². The third kappa shape index (κ3) is 4.30. The number of hydrazone groups is 1. The monoisotopic (exact) mass is 420 g/mol. The van der Waals surface area contributed by atoms with Gasteiger partial charge in [-0.3, -0.25) is 4.79 Å². The normalized spacial score (nSPS) is 11.0. The summed E-state index contributed by atoms with van der Waals surface area (Å²) in [6.45, 7) is 0. The predicted molar refractivity (Wildman–Crippen MR) is 105 cm³/mol. The molecule has 0 heterocycles. The van der Waals surface area contributed by atoms with Crippen LogP contribution >= 0.6 is 23.2 Å². The van der Waals surface area contributed by atoms with Crippen LogP contribution in [-0.2, 0) is 0 Å². The number of phenolic OH excluding ortho intramolecular Hbond substituents is 1. The third-order valence-electron chi connectivity index (χ3n) is 3.84. The van der Waals surface area contributed by atoms with Gasteiger partial charge in [0.2, 0.25) is 0 Å². The van der Waals surface area contributed by atoms with E-state index in [9.17, 15) is 18.7 Å². The van der Waals surface area contributed by atoms with E-state index in [1.807, 2.05) is 0 Å². The molecule has 0 spiro atoms. The average Bonchev–Trinajstić information content (AvgIpc) is 2.65. The van der Waals surface area contributed by atoms with Gasteiger partial charge in [0.1, 0.15) is 17.4 Å². The molecule has 28 heavy (non-hydrogen) atoms. The molecule has 0 unspecified atom stereocenters. The van der Waals surface area contributed by atoms with Crippen LogP contribution in [0.15, 0.2) is 59.7 Å². The van der Waals surface area contributed by atoms with Crippen molar-refractivity contribution >= 4 is 35.3 Å². The minimum Gasteiger partial charge on any atom is -0.507 e. The van der Waals surface area contributed by atoms with Crippen LogP contribution < -0.4 is 5.43 Å². The number of nitrogens with zero attached hydrogens (tertiary/aromatic N) is 1. The van der Waals surface area contributed by atoms with Crippen molar-refractivity contribution in [3.05, 3.63) is 87.4 Å². The lowest BCUT2D eigenvalue weighted by Crippen LogP contribution is -2.18. The van der Waals surface area contributed by atoms with Crippen molar-refractivity contribution in [3.8, 4) is 16.9 Å². The molecule has 3 aromatic carbocycles. The summed E-state index contributed by atoms with van der Waals surface area (Å²) in [7, 11) is 0. The summed E-state index contributed by atoms with van der Waals surface area (Å²) in [5, 5.41) is 14.4. The van der Waals surface area contributed by atoms with Gasteiger partial charge >= 0.3 is 0 Å². The second kappa shape index (κ2) is 8.37. The first-order valence-electron chi connectivity index (χ1n) is 7.92. The fourth-order valence-corrected chi connectivity index (χ4v) is 2.95. The second-order valence-electron chi connectivity index (χ2n) is 5.69. The lowest BCUT2D eigenvalue weighted by Gasteiger charge is -2.08. The zero-order chi connectivity index (χ0) is 20.3. The Morgan fingerprint density at radius 1 is 1.04 bits per heavy atom. The Kier molecular flexibility index (Phi) is 5.92. The van der Waals surface area contributed by atoms with Gasteiger partial charge in [-0.15, -0.1) is 0 Å². The second-order valence-corrected chi connectivity index (χ2v) is 6.50. The Morgan fingerprint density at radius 2 is 1.75 bits per heavy atom. The van der Waals surface area contributed by atoms with Gasteiger partial charge in [0, 0.05) is 17.2 Å². The third-order valence-corrected chi connectivity index (χ3v) is 4.50. The van der Waals surface area contributed by atoms with Crippen LogP contribution in [0.3, 0.4) is 0 Å². The Morgan fingerprint density at radius 3 is 2.43 bits per heavy atom. The van der Waals surface area contributed by atoms with E-state index in [0.717, 1.165) is 12.1 Å². The molecule has 1 amide bonds. The highest BCUT2D eigenvalue weighted by Crippen LogP contribution is 2.28. The van der Waals surface area contributed by atoms with Crippen LogP contribution in [0, 0.1) is 11.6 Å². The molecular formula is C20H12Cl2F2N2O2. The molecule has 0 saturated heterocycles. The zero-order valence-electron chi connectivity index (χ0n) is 14.1. The maximum atomic E-state index is 14.0. The topological polar surface area (TPSA) is 61.7 Å². The summed E-state index contributed by atoms with van der Waals surface area (Å²) in [6, 6.07) is 11.9. The minimum atomic E-state index is -0.788. The van der Waals surface area contributed by atoms with Crippen molar-refractivity contribution < 1.29 is 18.7 Å². The van der Waals surface area contributed by atoms with Gasteiger partial charge in [-0.25, -0.2) is 14.2 Å². The molecule has 0 aromatic heterocycles. The van der Waals surface area contributed by atoms with Gasteiger partial charge in [-0.2, -0.15) is 5.10 Å². The van der Waals surface area contributed by atoms with E-state index in [1.165, 1.54) is 30.5 Å². The van der Waals surface area contributed by atoms with Crippen molar-refractivity contribution in [1.29, 1.82) is 0 Å². The summed E-state index contributed by atoms with van der Waals surface area (Å²) in [5.74, 6) is -2.56. The fraction of sp³-hybridized carbons (Fsp3) is 0. The van der Waals surface area contributed by atoms with Crippen molar-refractivity contribution in [2.24, 2.45) is 5.10 Å². The van der Waals surface area contributed by atoms with Crippen molar-refractivity contribution in [2.45, 2.75) is 0 Å². The Labute approximate surface area is 169 Å². The average molecular weight is 421 g/mol. The molecule has 142 valence electrons. The number of aromatic hydroxyl groups is 1.